The summed E-state index contributed by atoms with van der Waals surface area (Å²) in [5.74, 6) is 1.66. The van der Waals surface area contributed by atoms with Gasteiger partial charge in [0.25, 0.3) is 0 Å². The summed E-state index contributed by atoms with van der Waals surface area (Å²) in [5.41, 5.74) is 2.27. The molecular formula is C21H20N4O2S2. The molecule has 0 atom stereocenters. The molecule has 0 radical (unpaired) electrons. The van der Waals surface area contributed by atoms with E-state index in [1.807, 2.05) is 53.4 Å². The minimum Gasteiger partial charge on any atom is -0.461 e. The number of carbonyl (C=O) groups is 1. The number of benzene rings is 1. The predicted molar refractivity (Wildman–Crippen MR) is 115 cm³/mol. The van der Waals surface area contributed by atoms with Crippen LogP contribution in [0.15, 0.2) is 75.1 Å². The molecule has 3 heterocycles. The van der Waals surface area contributed by atoms with Crippen LogP contribution in [0.1, 0.15) is 11.1 Å². The fourth-order valence-electron chi connectivity index (χ4n) is 2.87. The highest BCUT2D eigenvalue weighted by Gasteiger charge is 2.19. The summed E-state index contributed by atoms with van der Waals surface area (Å²) in [6.07, 6.45) is 1.62. The number of carbonyl (C=O) groups excluding carboxylic acids is 1. The molecule has 0 bridgehead atoms. The Hall–Kier alpha value is -2.84. The molecule has 4 aromatic rings. The van der Waals surface area contributed by atoms with E-state index in [0.717, 1.165) is 11.1 Å². The highest BCUT2D eigenvalue weighted by atomic mass is 32.2. The van der Waals surface area contributed by atoms with Crippen LogP contribution in [0.3, 0.4) is 0 Å². The highest BCUT2D eigenvalue weighted by Crippen LogP contribution is 2.26. The highest BCUT2D eigenvalue weighted by molar-refractivity contribution is 7.99. The second-order valence-electron chi connectivity index (χ2n) is 6.53. The third-order valence-corrected chi connectivity index (χ3v) is 6.08. The third-order valence-electron chi connectivity index (χ3n) is 4.39. The summed E-state index contributed by atoms with van der Waals surface area (Å²) in [7, 11) is 1.82. The summed E-state index contributed by atoms with van der Waals surface area (Å²) in [5, 5.41) is 13.4. The van der Waals surface area contributed by atoms with Gasteiger partial charge in [-0.15, -0.1) is 10.2 Å². The lowest BCUT2D eigenvalue weighted by Crippen LogP contribution is -2.27. The molecule has 0 aliphatic carbocycles. The summed E-state index contributed by atoms with van der Waals surface area (Å²) in [6.45, 7) is 1.21. The number of hydrogen-bond acceptors (Lipinski definition) is 6. The van der Waals surface area contributed by atoms with Gasteiger partial charge in [-0.25, -0.2) is 0 Å². The molecule has 6 nitrogen and oxygen atoms in total. The van der Waals surface area contributed by atoms with Gasteiger partial charge >= 0.3 is 0 Å². The van der Waals surface area contributed by atoms with Crippen molar-refractivity contribution in [1.82, 2.24) is 19.7 Å². The first-order valence-electron chi connectivity index (χ1n) is 9.09. The Bertz CT molecular complexity index is 1040. The number of rotatable bonds is 8. The van der Waals surface area contributed by atoms with Crippen LogP contribution in [0, 0.1) is 0 Å². The first-order chi connectivity index (χ1) is 14.2. The Labute approximate surface area is 177 Å². The molecule has 1 amide bonds. The normalized spacial score (nSPS) is 10.9. The van der Waals surface area contributed by atoms with Gasteiger partial charge in [0, 0.05) is 13.6 Å². The molecule has 0 saturated heterocycles. The first kappa shape index (κ1) is 19.5. The van der Waals surface area contributed by atoms with Crippen LogP contribution >= 0.6 is 23.1 Å². The number of amides is 1. The number of aromatic nitrogens is 3. The van der Waals surface area contributed by atoms with E-state index in [4.69, 9.17) is 4.42 Å². The van der Waals surface area contributed by atoms with Crippen molar-refractivity contribution >= 4 is 29.0 Å². The van der Waals surface area contributed by atoms with Gasteiger partial charge in [-0.05, 0) is 40.1 Å². The van der Waals surface area contributed by atoms with E-state index in [9.17, 15) is 4.79 Å². The summed E-state index contributed by atoms with van der Waals surface area (Å²) < 4.78 is 7.52. The maximum Gasteiger partial charge on any atom is 0.233 e. The third kappa shape index (κ3) is 4.78. The Morgan fingerprint density at radius 1 is 1.14 bits per heavy atom. The molecule has 29 heavy (non-hydrogen) atoms. The van der Waals surface area contributed by atoms with Gasteiger partial charge in [0.15, 0.2) is 10.9 Å². The van der Waals surface area contributed by atoms with Crippen molar-refractivity contribution in [1.29, 1.82) is 0 Å². The quantitative estimate of drug-likeness (QED) is 0.392. The zero-order chi connectivity index (χ0) is 20.1. The van der Waals surface area contributed by atoms with E-state index < -0.39 is 0 Å². The fraction of sp³-hybridized carbons (Fsp3) is 0.190. The van der Waals surface area contributed by atoms with Crippen LogP contribution in [-0.2, 0) is 17.9 Å². The maximum atomic E-state index is 12.6. The van der Waals surface area contributed by atoms with Gasteiger partial charge in [-0.1, -0.05) is 42.1 Å². The Morgan fingerprint density at radius 2 is 2.00 bits per heavy atom. The van der Waals surface area contributed by atoms with Gasteiger partial charge in [0.2, 0.25) is 11.7 Å². The Kier molecular flexibility index (Phi) is 6.12. The predicted octanol–water partition coefficient (Wildman–Crippen LogP) is 4.40. The Balaban J connectivity index is 1.50. The molecule has 3 aromatic heterocycles. The molecule has 0 aliphatic rings. The van der Waals surface area contributed by atoms with Gasteiger partial charge in [-0.3, -0.25) is 9.36 Å². The van der Waals surface area contributed by atoms with Crippen LogP contribution in [0.2, 0.25) is 0 Å². The summed E-state index contributed by atoms with van der Waals surface area (Å²) >= 11 is 3.03. The SMILES string of the molecule is CN(Cc1ccsc1)C(=O)CSc1nnc(-c2ccco2)n1Cc1ccccc1. The number of hydrogen-bond donors (Lipinski definition) is 0. The average molecular weight is 425 g/mol. The molecule has 0 saturated carbocycles. The van der Waals surface area contributed by atoms with Crippen molar-refractivity contribution in [3.05, 3.63) is 76.7 Å². The number of furan rings is 1. The Morgan fingerprint density at radius 3 is 2.72 bits per heavy atom. The lowest BCUT2D eigenvalue weighted by Gasteiger charge is -2.16. The van der Waals surface area contributed by atoms with E-state index in [-0.39, 0.29) is 5.91 Å². The van der Waals surface area contributed by atoms with Gasteiger partial charge in [0.05, 0.1) is 18.6 Å². The summed E-state index contributed by atoms with van der Waals surface area (Å²) in [6, 6.07) is 15.8. The molecule has 0 fully saturated rings. The van der Waals surface area contributed by atoms with Crippen molar-refractivity contribution in [2.45, 2.75) is 18.2 Å². The molecule has 0 unspecified atom stereocenters. The average Bonchev–Trinajstić information content (AvgIpc) is 3.49. The van der Waals surface area contributed by atoms with Gasteiger partial charge < -0.3 is 9.32 Å². The van der Waals surface area contributed by atoms with Gasteiger partial charge in [-0.2, -0.15) is 11.3 Å². The number of nitrogens with zero attached hydrogens (tertiary/aromatic N) is 4. The topological polar surface area (TPSA) is 64.2 Å². The fourth-order valence-corrected chi connectivity index (χ4v) is 4.41. The second-order valence-corrected chi connectivity index (χ2v) is 8.25. The lowest BCUT2D eigenvalue weighted by atomic mass is 10.2. The largest absolute Gasteiger partial charge is 0.461 e. The van der Waals surface area contributed by atoms with Crippen molar-refractivity contribution in [2.24, 2.45) is 0 Å². The van der Waals surface area contributed by atoms with Crippen molar-refractivity contribution in [3.63, 3.8) is 0 Å². The van der Waals surface area contributed by atoms with Crippen molar-refractivity contribution in [2.75, 3.05) is 12.8 Å². The molecule has 0 spiro atoms. The molecule has 8 heteroatoms. The van der Waals surface area contributed by atoms with Crippen molar-refractivity contribution < 1.29 is 9.21 Å². The van der Waals surface area contributed by atoms with Gasteiger partial charge in [0.1, 0.15) is 0 Å². The molecule has 0 N–H and O–H groups in total. The molecule has 0 aliphatic heterocycles. The number of thiophene rings is 1. The van der Waals surface area contributed by atoms with Crippen molar-refractivity contribution in [3.8, 4) is 11.6 Å². The molecule has 1 aromatic carbocycles. The van der Waals surface area contributed by atoms with E-state index >= 15 is 0 Å². The lowest BCUT2D eigenvalue weighted by molar-refractivity contribution is -0.127. The molecule has 4 rings (SSSR count). The second kappa shape index (κ2) is 9.11. The van der Waals surface area contributed by atoms with Crippen LogP contribution in [0.25, 0.3) is 11.6 Å². The van der Waals surface area contributed by atoms with Crippen LogP contribution in [0.4, 0.5) is 0 Å². The molecule has 148 valence electrons. The van der Waals surface area contributed by atoms with E-state index in [1.165, 1.54) is 11.8 Å². The van der Waals surface area contributed by atoms with E-state index in [0.29, 0.717) is 35.6 Å². The first-order valence-corrected chi connectivity index (χ1v) is 11.0. The monoisotopic (exact) mass is 424 g/mol. The number of thioether (sulfide) groups is 1. The van der Waals surface area contributed by atoms with E-state index in [1.54, 1.807) is 22.5 Å². The standard InChI is InChI=1S/C21H20N4O2S2/c1-24(12-17-9-11-28-14-17)19(26)15-29-21-23-22-20(18-8-5-10-27-18)25(21)13-16-6-3-2-4-7-16/h2-11,14H,12-13,15H2,1H3. The van der Waals surface area contributed by atoms with Crippen LogP contribution < -0.4 is 0 Å². The zero-order valence-corrected chi connectivity index (χ0v) is 17.5. The smallest absolute Gasteiger partial charge is 0.233 e. The van der Waals surface area contributed by atoms with Crippen LogP contribution in [0.5, 0.6) is 0 Å². The minimum atomic E-state index is 0.0509. The maximum absolute atomic E-state index is 12.6. The minimum absolute atomic E-state index is 0.0509. The zero-order valence-electron chi connectivity index (χ0n) is 15.9. The summed E-state index contributed by atoms with van der Waals surface area (Å²) in [4.78, 5) is 14.3. The van der Waals surface area contributed by atoms with Crippen LogP contribution in [-0.4, -0.2) is 38.4 Å². The van der Waals surface area contributed by atoms with E-state index in [2.05, 4.69) is 27.7 Å². The molecular weight excluding hydrogens is 404 g/mol.